The first-order valence-electron chi connectivity index (χ1n) is 14.7. The van der Waals surface area contributed by atoms with Crippen molar-refractivity contribution >= 4 is 27.5 Å². The fourth-order valence-electron chi connectivity index (χ4n) is 4.87. The van der Waals surface area contributed by atoms with Crippen LogP contribution in [0.5, 0.6) is 23.0 Å². The number of benzene rings is 3. The lowest BCUT2D eigenvalue weighted by Crippen LogP contribution is -2.53. The topological polar surface area (TPSA) is 124 Å². The van der Waals surface area contributed by atoms with E-state index in [2.05, 4.69) is 5.32 Å². The SMILES string of the molecule is CCCNC(=O)[C@H](CC)N(CCc1ccccc1)C(=O)CN(c1cc(OC)ccc1OC)S(=O)(=O)c1ccc(OC)c(OC)c1. The minimum Gasteiger partial charge on any atom is -0.497 e. The van der Waals surface area contributed by atoms with E-state index in [0.29, 0.717) is 30.9 Å². The van der Waals surface area contributed by atoms with Crippen LogP contribution in [0.25, 0.3) is 0 Å². The van der Waals surface area contributed by atoms with Gasteiger partial charge < -0.3 is 29.2 Å². The summed E-state index contributed by atoms with van der Waals surface area (Å²) in [4.78, 5) is 28.9. The average Bonchev–Trinajstić information content (AvgIpc) is 3.07. The summed E-state index contributed by atoms with van der Waals surface area (Å²) >= 11 is 0. The minimum absolute atomic E-state index is 0.0893. The van der Waals surface area contributed by atoms with Crippen molar-refractivity contribution in [2.75, 3.05) is 52.4 Å². The molecule has 0 heterocycles. The summed E-state index contributed by atoms with van der Waals surface area (Å²) < 4.78 is 51.4. The van der Waals surface area contributed by atoms with E-state index in [1.54, 1.807) is 12.1 Å². The van der Waals surface area contributed by atoms with E-state index in [1.165, 1.54) is 57.6 Å². The number of amides is 2. The molecule has 0 aliphatic rings. The van der Waals surface area contributed by atoms with E-state index in [-0.39, 0.29) is 34.5 Å². The van der Waals surface area contributed by atoms with Crippen LogP contribution in [-0.4, -0.2) is 79.2 Å². The van der Waals surface area contributed by atoms with Crippen molar-refractivity contribution in [1.82, 2.24) is 10.2 Å². The number of carbonyl (C=O) groups excluding carboxylic acids is 2. The quantitative estimate of drug-likeness (QED) is 0.232. The maximum absolute atomic E-state index is 14.4. The summed E-state index contributed by atoms with van der Waals surface area (Å²) in [6, 6.07) is 17.6. The molecule has 0 bridgehead atoms. The predicted octanol–water partition coefficient (Wildman–Crippen LogP) is 4.29. The summed E-state index contributed by atoms with van der Waals surface area (Å²) in [5, 5.41) is 2.89. The van der Waals surface area contributed by atoms with Gasteiger partial charge in [-0.15, -0.1) is 0 Å². The van der Waals surface area contributed by atoms with E-state index < -0.39 is 28.5 Å². The highest BCUT2D eigenvalue weighted by Crippen LogP contribution is 2.37. The third-order valence-electron chi connectivity index (χ3n) is 7.30. The van der Waals surface area contributed by atoms with Gasteiger partial charge in [0.15, 0.2) is 11.5 Å². The fraction of sp³-hybridized carbons (Fsp3) is 0.394. The van der Waals surface area contributed by atoms with Gasteiger partial charge >= 0.3 is 0 Å². The first kappa shape index (κ1) is 35.0. The number of nitrogens with zero attached hydrogens (tertiary/aromatic N) is 2. The van der Waals surface area contributed by atoms with Gasteiger partial charge in [-0.1, -0.05) is 44.2 Å². The van der Waals surface area contributed by atoms with Crippen LogP contribution in [0.15, 0.2) is 71.6 Å². The number of anilines is 1. The zero-order valence-corrected chi connectivity index (χ0v) is 27.6. The molecule has 0 spiro atoms. The highest BCUT2D eigenvalue weighted by molar-refractivity contribution is 7.92. The third kappa shape index (κ3) is 8.59. The van der Waals surface area contributed by atoms with Crippen molar-refractivity contribution in [3.63, 3.8) is 0 Å². The zero-order chi connectivity index (χ0) is 33.0. The first-order valence-corrected chi connectivity index (χ1v) is 16.2. The zero-order valence-electron chi connectivity index (χ0n) is 26.7. The molecule has 2 amide bonds. The average molecular weight is 642 g/mol. The Morgan fingerprint density at radius 2 is 1.49 bits per heavy atom. The van der Waals surface area contributed by atoms with Crippen LogP contribution in [0.1, 0.15) is 32.3 Å². The number of carbonyl (C=O) groups is 2. The molecule has 0 saturated carbocycles. The van der Waals surface area contributed by atoms with Gasteiger partial charge in [0.2, 0.25) is 11.8 Å². The first-order chi connectivity index (χ1) is 21.6. The molecule has 1 atom stereocenters. The number of hydrogen-bond donors (Lipinski definition) is 1. The van der Waals surface area contributed by atoms with Gasteiger partial charge in [0.05, 0.1) is 39.0 Å². The van der Waals surface area contributed by atoms with E-state index in [4.69, 9.17) is 18.9 Å². The normalized spacial score (nSPS) is 11.7. The van der Waals surface area contributed by atoms with Gasteiger partial charge in [-0.2, -0.15) is 0 Å². The second kappa shape index (κ2) is 16.6. The lowest BCUT2D eigenvalue weighted by molar-refractivity contribution is -0.139. The molecule has 45 heavy (non-hydrogen) atoms. The summed E-state index contributed by atoms with van der Waals surface area (Å²) in [5.74, 6) is 0.250. The van der Waals surface area contributed by atoms with Crippen LogP contribution in [0, 0.1) is 0 Å². The van der Waals surface area contributed by atoms with Gasteiger partial charge in [-0.05, 0) is 49.1 Å². The van der Waals surface area contributed by atoms with E-state index in [9.17, 15) is 18.0 Å². The molecule has 12 heteroatoms. The largest absolute Gasteiger partial charge is 0.497 e. The van der Waals surface area contributed by atoms with Gasteiger partial charge in [-0.25, -0.2) is 8.42 Å². The smallest absolute Gasteiger partial charge is 0.265 e. The summed E-state index contributed by atoms with van der Waals surface area (Å²) in [6.45, 7) is 3.80. The molecule has 0 aliphatic heterocycles. The van der Waals surface area contributed by atoms with Gasteiger partial charge in [-0.3, -0.25) is 13.9 Å². The number of ether oxygens (including phenoxy) is 4. The van der Waals surface area contributed by atoms with Gasteiger partial charge in [0.25, 0.3) is 10.0 Å². The Labute approximate surface area is 266 Å². The maximum atomic E-state index is 14.4. The summed E-state index contributed by atoms with van der Waals surface area (Å²) in [6.07, 6.45) is 1.53. The standard InChI is InChI=1S/C33H43N3O8S/c1-7-19-34-33(38)27(8-2)35(20-18-24-12-10-9-11-13-24)32(37)23-36(28-21-25(41-3)14-16-29(28)42-4)45(39,40)26-15-17-30(43-5)31(22-26)44-6/h9-17,21-22,27H,7-8,18-20,23H2,1-6H3,(H,34,38)/t27-/m0/s1. The van der Waals surface area contributed by atoms with Crippen LogP contribution >= 0.6 is 0 Å². The lowest BCUT2D eigenvalue weighted by atomic mass is 10.1. The second-order valence-electron chi connectivity index (χ2n) is 10.1. The second-order valence-corrected chi connectivity index (χ2v) is 12.0. The molecule has 0 unspecified atom stereocenters. The van der Waals surface area contributed by atoms with Crippen molar-refractivity contribution in [2.45, 2.75) is 44.0 Å². The number of sulfonamides is 1. The number of rotatable bonds is 17. The van der Waals surface area contributed by atoms with Gasteiger partial charge in [0, 0.05) is 25.2 Å². The number of methoxy groups -OCH3 is 4. The molecule has 0 fully saturated rings. The maximum Gasteiger partial charge on any atom is 0.265 e. The molecule has 0 radical (unpaired) electrons. The van der Waals surface area contributed by atoms with E-state index in [1.807, 2.05) is 44.2 Å². The molecular weight excluding hydrogens is 598 g/mol. The third-order valence-corrected chi connectivity index (χ3v) is 9.05. The van der Waals surface area contributed by atoms with Crippen molar-refractivity contribution in [1.29, 1.82) is 0 Å². The predicted molar refractivity (Wildman–Crippen MR) is 173 cm³/mol. The van der Waals surface area contributed by atoms with Crippen LogP contribution < -0.4 is 28.6 Å². The Morgan fingerprint density at radius 3 is 2.09 bits per heavy atom. The van der Waals surface area contributed by atoms with Crippen molar-refractivity contribution in [3.8, 4) is 23.0 Å². The molecule has 0 aromatic heterocycles. The molecule has 244 valence electrons. The van der Waals surface area contributed by atoms with Gasteiger partial charge in [0.1, 0.15) is 24.1 Å². The number of hydrogen-bond acceptors (Lipinski definition) is 8. The molecule has 11 nitrogen and oxygen atoms in total. The molecule has 1 N–H and O–H groups in total. The Hall–Kier alpha value is -4.45. The molecule has 3 aromatic rings. The highest BCUT2D eigenvalue weighted by Gasteiger charge is 2.35. The Bertz CT molecular complexity index is 1530. The van der Waals surface area contributed by atoms with Crippen LogP contribution in [0.4, 0.5) is 5.69 Å². The molecular formula is C33H43N3O8S. The Balaban J connectivity index is 2.14. The van der Waals surface area contributed by atoms with Crippen molar-refractivity contribution in [3.05, 3.63) is 72.3 Å². The fourth-order valence-corrected chi connectivity index (χ4v) is 6.30. The summed E-state index contributed by atoms with van der Waals surface area (Å²) in [5.41, 5.74) is 1.06. The Morgan fingerprint density at radius 1 is 0.822 bits per heavy atom. The van der Waals surface area contributed by atoms with Crippen LogP contribution in [0.3, 0.4) is 0 Å². The molecule has 0 saturated heterocycles. The Kier molecular flexibility index (Phi) is 12.9. The lowest BCUT2D eigenvalue weighted by Gasteiger charge is -2.33. The summed E-state index contributed by atoms with van der Waals surface area (Å²) in [7, 11) is 1.30. The number of nitrogens with one attached hydrogen (secondary N) is 1. The van der Waals surface area contributed by atoms with Crippen molar-refractivity contribution < 1.29 is 37.0 Å². The monoisotopic (exact) mass is 641 g/mol. The minimum atomic E-state index is -4.42. The van der Waals surface area contributed by atoms with Crippen LogP contribution in [-0.2, 0) is 26.0 Å². The van der Waals surface area contributed by atoms with Crippen molar-refractivity contribution in [2.24, 2.45) is 0 Å². The molecule has 3 aromatic carbocycles. The molecule has 0 aliphatic carbocycles. The molecule has 3 rings (SSSR count). The van der Waals surface area contributed by atoms with E-state index >= 15 is 0 Å². The highest BCUT2D eigenvalue weighted by atomic mass is 32.2. The van der Waals surface area contributed by atoms with E-state index in [0.717, 1.165) is 16.3 Å². The van der Waals surface area contributed by atoms with Crippen LogP contribution in [0.2, 0.25) is 0 Å².